The van der Waals surface area contributed by atoms with Gasteiger partial charge in [-0.15, -0.1) is 12.4 Å². The van der Waals surface area contributed by atoms with Gasteiger partial charge in [-0.05, 0) is 30.2 Å². The summed E-state index contributed by atoms with van der Waals surface area (Å²) < 4.78 is 7.27. The molecule has 0 spiro atoms. The van der Waals surface area contributed by atoms with Crippen molar-refractivity contribution in [3.05, 3.63) is 30.0 Å². The van der Waals surface area contributed by atoms with Gasteiger partial charge in [0.05, 0.1) is 7.11 Å². The van der Waals surface area contributed by atoms with Crippen LogP contribution in [0, 0.1) is 0 Å². The minimum atomic E-state index is -0.143. The van der Waals surface area contributed by atoms with Gasteiger partial charge in [-0.2, -0.15) is 0 Å². The van der Waals surface area contributed by atoms with Crippen LogP contribution in [0.25, 0.3) is 10.9 Å². The van der Waals surface area contributed by atoms with E-state index in [2.05, 4.69) is 0 Å². The standard InChI is InChI=1S/C13H18N2O2.ClH/c1-15-8-11(12(14)5-6-16)10-7-9(17-2)3-4-13(10)15;/h3-4,7-8,12,16H,5-6,14H2,1-2H3;1H. The number of methoxy groups -OCH3 is 1. The first-order chi connectivity index (χ1) is 8.17. The van der Waals surface area contributed by atoms with Crippen LogP contribution in [0.1, 0.15) is 18.0 Å². The quantitative estimate of drug-likeness (QED) is 0.893. The second-order valence-electron chi connectivity index (χ2n) is 4.20. The van der Waals surface area contributed by atoms with Gasteiger partial charge in [0.2, 0.25) is 0 Å². The molecule has 1 unspecified atom stereocenters. The van der Waals surface area contributed by atoms with Crippen LogP contribution in [0.2, 0.25) is 0 Å². The fraction of sp³-hybridized carbons (Fsp3) is 0.385. The van der Waals surface area contributed by atoms with E-state index in [1.807, 2.05) is 36.0 Å². The molecule has 4 nitrogen and oxygen atoms in total. The largest absolute Gasteiger partial charge is 0.497 e. The maximum absolute atomic E-state index is 8.97. The molecule has 0 saturated carbocycles. The number of aliphatic hydroxyl groups is 1. The molecule has 0 aliphatic rings. The SMILES string of the molecule is COc1ccc2c(c1)c(C(N)CCO)cn2C.Cl. The zero-order valence-corrected chi connectivity index (χ0v) is 11.4. The van der Waals surface area contributed by atoms with Gasteiger partial charge in [-0.3, -0.25) is 0 Å². The maximum Gasteiger partial charge on any atom is 0.119 e. The van der Waals surface area contributed by atoms with E-state index in [9.17, 15) is 0 Å². The highest BCUT2D eigenvalue weighted by molar-refractivity contribution is 5.86. The van der Waals surface area contributed by atoms with Crippen LogP contribution in [0.5, 0.6) is 5.75 Å². The first-order valence-electron chi connectivity index (χ1n) is 5.66. The van der Waals surface area contributed by atoms with Crippen LogP contribution in [-0.2, 0) is 7.05 Å². The van der Waals surface area contributed by atoms with E-state index >= 15 is 0 Å². The number of benzene rings is 1. The number of nitrogens with two attached hydrogens (primary N) is 1. The number of ether oxygens (including phenoxy) is 1. The fourth-order valence-corrected chi connectivity index (χ4v) is 2.12. The Morgan fingerprint density at radius 2 is 2.17 bits per heavy atom. The van der Waals surface area contributed by atoms with E-state index in [1.54, 1.807) is 7.11 Å². The van der Waals surface area contributed by atoms with Crippen LogP contribution in [-0.4, -0.2) is 23.4 Å². The summed E-state index contributed by atoms with van der Waals surface area (Å²) >= 11 is 0. The van der Waals surface area contributed by atoms with Crippen molar-refractivity contribution in [2.75, 3.05) is 13.7 Å². The highest BCUT2D eigenvalue weighted by Crippen LogP contribution is 2.29. The van der Waals surface area contributed by atoms with E-state index in [1.165, 1.54) is 0 Å². The van der Waals surface area contributed by atoms with Crippen LogP contribution in [0.3, 0.4) is 0 Å². The Hall–Kier alpha value is -1.23. The summed E-state index contributed by atoms with van der Waals surface area (Å²) in [5.41, 5.74) is 8.23. The number of rotatable bonds is 4. The molecule has 0 bridgehead atoms. The van der Waals surface area contributed by atoms with Gasteiger partial charge in [0.25, 0.3) is 0 Å². The zero-order chi connectivity index (χ0) is 12.4. The molecule has 100 valence electrons. The molecule has 2 aromatic rings. The molecule has 5 heteroatoms. The van der Waals surface area contributed by atoms with Crippen molar-refractivity contribution >= 4 is 23.3 Å². The number of nitrogens with zero attached hydrogens (tertiary/aromatic N) is 1. The van der Waals surface area contributed by atoms with Crippen molar-refractivity contribution in [2.24, 2.45) is 12.8 Å². The average Bonchev–Trinajstić information content (AvgIpc) is 2.66. The minimum Gasteiger partial charge on any atom is -0.497 e. The van der Waals surface area contributed by atoms with Gasteiger partial charge in [0.1, 0.15) is 5.75 Å². The lowest BCUT2D eigenvalue weighted by atomic mass is 10.0. The summed E-state index contributed by atoms with van der Waals surface area (Å²) in [7, 11) is 3.64. The molecule has 2 rings (SSSR count). The number of aryl methyl sites for hydroxylation is 1. The van der Waals surface area contributed by atoms with E-state index in [0.29, 0.717) is 6.42 Å². The van der Waals surface area contributed by atoms with Gasteiger partial charge in [0, 0.05) is 36.8 Å². The smallest absolute Gasteiger partial charge is 0.119 e. The Morgan fingerprint density at radius 1 is 1.44 bits per heavy atom. The molecule has 0 aliphatic carbocycles. The lowest BCUT2D eigenvalue weighted by Crippen LogP contribution is -2.11. The lowest BCUT2D eigenvalue weighted by molar-refractivity contribution is 0.277. The van der Waals surface area contributed by atoms with Crippen molar-refractivity contribution in [3.8, 4) is 5.75 Å². The molecule has 0 radical (unpaired) electrons. The molecule has 0 amide bonds. The lowest BCUT2D eigenvalue weighted by Gasteiger charge is -2.08. The maximum atomic E-state index is 8.97. The van der Waals surface area contributed by atoms with Crippen LogP contribution in [0.4, 0.5) is 0 Å². The van der Waals surface area contributed by atoms with Gasteiger partial charge in [-0.1, -0.05) is 0 Å². The topological polar surface area (TPSA) is 60.4 Å². The number of hydrogen-bond donors (Lipinski definition) is 2. The summed E-state index contributed by atoms with van der Waals surface area (Å²) in [5, 5.41) is 10.1. The van der Waals surface area contributed by atoms with Crippen molar-refractivity contribution in [1.82, 2.24) is 4.57 Å². The Morgan fingerprint density at radius 3 is 2.78 bits per heavy atom. The molecule has 1 heterocycles. The average molecular weight is 271 g/mol. The third kappa shape index (κ3) is 2.61. The Kier molecular flexibility index (Phi) is 5.02. The van der Waals surface area contributed by atoms with Gasteiger partial charge >= 0.3 is 0 Å². The summed E-state index contributed by atoms with van der Waals surface area (Å²) in [6, 6.07) is 5.80. The number of aromatic nitrogens is 1. The van der Waals surface area contributed by atoms with Crippen LogP contribution >= 0.6 is 12.4 Å². The summed E-state index contributed by atoms with van der Waals surface area (Å²) in [6.45, 7) is 0.0987. The molecule has 0 aliphatic heterocycles. The van der Waals surface area contributed by atoms with Gasteiger partial charge in [0.15, 0.2) is 0 Å². The molecule has 0 fully saturated rings. The highest BCUT2D eigenvalue weighted by atomic mass is 35.5. The summed E-state index contributed by atoms with van der Waals surface area (Å²) in [5.74, 6) is 0.821. The molecular formula is C13H19ClN2O2. The molecule has 0 saturated heterocycles. The number of aliphatic hydroxyl groups excluding tert-OH is 1. The first kappa shape index (κ1) is 14.8. The van der Waals surface area contributed by atoms with Crippen molar-refractivity contribution in [1.29, 1.82) is 0 Å². The van der Waals surface area contributed by atoms with Crippen molar-refractivity contribution in [3.63, 3.8) is 0 Å². The first-order valence-corrected chi connectivity index (χ1v) is 5.66. The van der Waals surface area contributed by atoms with Crippen molar-refractivity contribution < 1.29 is 9.84 Å². The van der Waals surface area contributed by atoms with Crippen LogP contribution < -0.4 is 10.5 Å². The van der Waals surface area contributed by atoms with E-state index in [0.717, 1.165) is 22.2 Å². The predicted octanol–water partition coefficient (Wildman–Crippen LogP) is 1.99. The second-order valence-corrected chi connectivity index (χ2v) is 4.20. The Balaban J connectivity index is 0.00000162. The fourth-order valence-electron chi connectivity index (χ4n) is 2.12. The highest BCUT2D eigenvalue weighted by Gasteiger charge is 2.13. The summed E-state index contributed by atoms with van der Waals surface area (Å²) in [4.78, 5) is 0. The molecular weight excluding hydrogens is 252 g/mol. The monoisotopic (exact) mass is 270 g/mol. The number of fused-ring (bicyclic) bond motifs is 1. The number of hydrogen-bond acceptors (Lipinski definition) is 3. The number of halogens is 1. The molecule has 1 atom stereocenters. The van der Waals surface area contributed by atoms with Crippen LogP contribution in [0.15, 0.2) is 24.4 Å². The summed E-state index contributed by atoms with van der Waals surface area (Å²) in [6.07, 6.45) is 2.58. The molecule has 18 heavy (non-hydrogen) atoms. The predicted molar refractivity (Wildman–Crippen MR) is 75.4 cm³/mol. The van der Waals surface area contributed by atoms with Crippen molar-refractivity contribution in [2.45, 2.75) is 12.5 Å². The Bertz CT molecular complexity index is 525. The third-order valence-corrected chi connectivity index (χ3v) is 3.07. The second kappa shape index (κ2) is 6.09. The zero-order valence-electron chi connectivity index (χ0n) is 10.6. The van der Waals surface area contributed by atoms with Gasteiger partial charge in [-0.25, -0.2) is 0 Å². The van der Waals surface area contributed by atoms with E-state index in [4.69, 9.17) is 15.6 Å². The Labute approximate surface area is 113 Å². The van der Waals surface area contributed by atoms with Gasteiger partial charge < -0.3 is 20.1 Å². The minimum absolute atomic E-state index is 0. The van der Waals surface area contributed by atoms with E-state index < -0.39 is 0 Å². The molecule has 1 aromatic carbocycles. The van der Waals surface area contributed by atoms with E-state index in [-0.39, 0.29) is 25.1 Å². The molecule has 1 aromatic heterocycles. The normalized spacial score (nSPS) is 12.2. The molecule has 3 N–H and O–H groups in total. The third-order valence-electron chi connectivity index (χ3n) is 3.07.